The van der Waals surface area contributed by atoms with Crippen LogP contribution in [0.4, 0.5) is 5.69 Å². The number of para-hydroxylation sites is 1. The van der Waals surface area contributed by atoms with Crippen LogP contribution in [0.25, 0.3) is 0 Å². The van der Waals surface area contributed by atoms with Crippen molar-refractivity contribution in [3.63, 3.8) is 0 Å². The third-order valence-corrected chi connectivity index (χ3v) is 5.50. The summed E-state index contributed by atoms with van der Waals surface area (Å²) in [5.74, 6) is 0.620. The van der Waals surface area contributed by atoms with Crippen LogP contribution in [0.1, 0.15) is 64.4 Å². The van der Waals surface area contributed by atoms with E-state index < -0.39 is 0 Å². The molecular formula is C24H39N3O3. The summed E-state index contributed by atoms with van der Waals surface area (Å²) in [7, 11) is 1.63. The second-order valence-corrected chi connectivity index (χ2v) is 7.79. The average molecular weight is 418 g/mol. The fraction of sp³-hybridized carbons (Fsp3) is 0.667. The zero-order chi connectivity index (χ0) is 21.6. The van der Waals surface area contributed by atoms with E-state index in [1.165, 1.54) is 19.3 Å². The van der Waals surface area contributed by atoms with E-state index in [9.17, 15) is 4.79 Å². The lowest BCUT2D eigenvalue weighted by Crippen LogP contribution is -2.49. The zero-order valence-corrected chi connectivity index (χ0v) is 19.0. The molecule has 1 heterocycles. The highest BCUT2D eigenvalue weighted by Gasteiger charge is 2.27. The minimum atomic E-state index is -0.137. The molecule has 0 radical (unpaired) electrons. The largest absolute Gasteiger partial charge is 0.481 e. The first kappa shape index (κ1) is 24.4. The molecule has 168 valence electrons. The van der Waals surface area contributed by atoms with Gasteiger partial charge in [-0.1, -0.05) is 58.1 Å². The van der Waals surface area contributed by atoms with Crippen molar-refractivity contribution in [2.24, 2.45) is 4.99 Å². The maximum atomic E-state index is 13.3. The predicted octanol–water partition coefficient (Wildman–Crippen LogP) is 4.49. The van der Waals surface area contributed by atoms with Crippen LogP contribution in [-0.2, 0) is 14.3 Å². The Balaban J connectivity index is 2.14. The molecule has 6 nitrogen and oxygen atoms in total. The summed E-state index contributed by atoms with van der Waals surface area (Å²) in [6.45, 7) is 8.04. The Labute approximate surface area is 182 Å². The number of aliphatic imine (C=N–C) groups is 1. The predicted molar refractivity (Wildman–Crippen MR) is 123 cm³/mol. The van der Waals surface area contributed by atoms with Crippen molar-refractivity contribution in [1.29, 1.82) is 0 Å². The molecule has 0 spiro atoms. The van der Waals surface area contributed by atoms with Gasteiger partial charge in [-0.25, -0.2) is 0 Å². The number of carbonyl (C=O) groups excluding carboxylic acids is 1. The second-order valence-electron chi connectivity index (χ2n) is 7.79. The van der Waals surface area contributed by atoms with Crippen LogP contribution in [0.15, 0.2) is 29.3 Å². The summed E-state index contributed by atoms with van der Waals surface area (Å²) in [6.07, 6.45) is 7.60. The molecule has 1 amide bonds. The van der Waals surface area contributed by atoms with Gasteiger partial charge in [-0.3, -0.25) is 14.7 Å². The van der Waals surface area contributed by atoms with Crippen LogP contribution in [0.3, 0.4) is 0 Å². The van der Waals surface area contributed by atoms with E-state index in [2.05, 4.69) is 29.1 Å². The third-order valence-electron chi connectivity index (χ3n) is 5.50. The van der Waals surface area contributed by atoms with Gasteiger partial charge in [0.15, 0.2) is 0 Å². The third kappa shape index (κ3) is 7.73. The number of benzene rings is 1. The number of anilines is 1. The first-order valence-electron chi connectivity index (χ1n) is 11.5. The Morgan fingerprint density at radius 1 is 1.13 bits per heavy atom. The molecule has 1 aliphatic rings. The molecule has 1 atom stereocenters. The van der Waals surface area contributed by atoms with Gasteiger partial charge in [-0.05, 0) is 25.0 Å². The number of methoxy groups -OCH3 is 1. The van der Waals surface area contributed by atoms with Crippen LogP contribution in [0.5, 0.6) is 0 Å². The smallest absolute Gasteiger partial charge is 0.241 e. The van der Waals surface area contributed by atoms with Crippen molar-refractivity contribution < 1.29 is 14.3 Å². The molecule has 0 bridgehead atoms. The number of nitrogens with zero attached hydrogens (tertiary/aromatic N) is 2. The molecule has 0 saturated carbocycles. The Hall–Kier alpha value is -1.92. The fourth-order valence-electron chi connectivity index (χ4n) is 3.73. The number of amides is 1. The van der Waals surface area contributed by atoms with Gasteiger partial charge in [-0.2, -0.15) is 0 Å². The van der Waals surface area contributed by atoms with Gasteiger partial charge in [0.2, 0.25) is 11.8 Å². The van der Waals surface area contributed by atoms with Crippen LogP contribution < -0.4 is 5.32 Å². The molecule has 0 aromatic heterocycles. The quantitative estimate of drug-likeness (QED) is 0.309. The molecule has 30 heavy (non-hydrogen) atoms. The number of nitrogens with one attached hydrogen (secondary N) is 1. The van der Waals surface area contributed by atoms with Crippen molar-refractivity contribution in [3.05, 3.63) is 29.8 Å². The maximum absolute atomic E-state index is 13.3. The highest BCUT2D eigenvalue weighted by atomic mass is 16.5. The monoisotopic (exact) mass is 417 g/mol. The molecule has 1 N–H and O–H groups in total. The lowest BCUT2D eigenvalue weighted by atomic mass is 10.0. The van der Waals surface area contributed by atoms with Crippen molar-refractivity contribution in [1.82, 2.24) is 4.90 Å². The Morgan fingerprint density at radius 3 is 2.57 bits per heavy atom. The number of rotatable bonds is 12. The molecule has 1 aromatic carbocycles. The van der Waals surface area contributed by atoms with E-state index in [1.807, 2.05) is 24.3 Å². The van der Waals surface area contributed by atoms with E-state index in [4.69, 9.17) is 9.47 Å². The maximum Gasteiger partial charge on any atom is 0.241 e. The molecule has 2 rings (SSSR count). The van der Waals surface area contributed by atoms with Gasteiger partial charge < -0.3 is 14.8 Å². The van der Waals surface area contributed by atoms with Crippen molar-refractivity contribution in [3.8, 4) is 0 Å². The van der Waals surface area contributed by atoms with Gasteiger partial charge in [0, 0.05) is 19.6 Å². The molecule has 1 unspecified atom stereocenters. The van der Waals surface area contributed by atoms with Crippen LogP contribution in [0, 0.1) is 0 Å². The minimum absolute atomic E-state index is 0.0462. The normalized spacial score (nSPS) is 16.3. The first-order valence-corrected chi connectivity index (χ1v) is 11.5. The van der Waals surface area contributed by atoms with Gasteiger partial charge in [0.05, 0.1) is 37.6 Å². The molecule has 1 saturated heterocycles. The molecule has 0 aliphatic carbocycles. The number of hydrogen-bond acceptors (Lipinski definition) is 5. The van der Waals surface area contributed by atoms with E-state index in [1.54, 1.807) is 7.11 Å². The zero-order valence-electron chi connectivity index (χ0n) is 19.0. The van der Waals surface area contributed by atoms with Gasteiger partial charge in [0.1, 0.15) is 0 Å². The van der Waals surface area contributed by atoms with Crippen molar-refractivity contribution in [2.75, 3.05) is 45.3 Å². The summed E-state index contributed by atoms with van der Waals surface area (Å²) >= 11 is 0. The summed E-state index contributed by atoms with van der Waals surface area (Å²) in [6, 6.07) is 7.62. The highest BCUT2D eigenvalue weighted by Crippen LogP contribution is 2.20. The average Bonchev–Trinajstić information content (AvgIpc) is 2.78. The lowest BCUT2D eigenvalue weighted by Gasteiger charge is -2.33. The molecule has 1 aromatic rings. The molecule has 1 aliphatic heterocycles. The number of carbonyl (C=O) groups is 1. The van der Waals surface area contributed by atoms with Gasteiger partial charge >= 0.3 is 0 Å². The number of unbranched alkanes of at least 4 members (excludes halogenated alkanes) is 4. The highest BCUT2D eigenvalue weighted by molar-refractivity contribution is 6.04. The van der Waals surface area contributed by atoms with Crippen molar-refractivity contribution in [2.45, 2.75) is 64.8 Å². The number of morpholine rings is 1. The summed E-state index contributed by atoms with van der Waals surface area (Å²) in [5, 5.41) is 3.17. The summed E-state index contributed by atoms with van der Waals surface area (Å²) < 4.78 is 11.0. The summed E-state index contributed by atoms with van der Waals surface area (Å²) in [5.41, 5.74) is 1.59. The van der Waals surface area contributed by atoms with Crippen molar-refractivity contribution >= 4 is 17.5 Å². The van der Waals surface area contributed by atoms with Crippen LogP contribution in [-0.4, -0.2) is 62.7 Å². The minimum Gasteiger partial charge on any atom is -0.481 e. The van der Waals surface area contributed by atoms with Gasteiger partial charge in [-0.15, -0.1) is 0 Å². The second kappa shape index (κ2) is 14.1. The van der Waals surface area contributed by atoms with E-state index in [-0.39, 0.29) is 11.9 Å². The van der Waals surface area contributed by atoms with Gasteiger partial charge in [0.25, 0.3) is 0 Å². The number of hydrogen-bond donors (Lipinski definition) is 1. The topological polar surface area (TPSA) is 63.2 Å². The number of ether oxygens (including phenoxy) is 2. The Kier molecular flexibility index (Phi) is 11.5. The van der Waals surface area contributed by atoms with Crippen LogP contribution in [0.2, 0.25) is 0 Å². The molecule has 6 heteroatoms. The fourth-order valence-corrected chi connectivity index (χ4v) is 3.73. The molecule has 1 fully saturated rings. The SMILES string of the molecule is CCCCCCC(C(=O)Nc1ccccc1C(=NCCCC)OC)N1CCOCC1. The lowest BCUT2D eigenvalue weighted by molar-refractivity contribution is -0.123. The Morgan fingerprint density at radius 2 is 1.87 bits per heavy atom. The molecular weight excluding hydrogens is 378 g/mol. The summed E-state index contributed by atoms with van der Waals surface area (Å²) in [4.78, 5) is 20.2. The van der Waals surface area contributed by atoms with Crippen LogP contribution >= 0.6 is 0 Å². The Bertz CT molecular complexity index is 657. The first-order chi connectivity index (χ1) is 14.7. The van der Waals surface area contributed by atoms with E-state index >= 15 is 0 Å². The standard InChI is InChI=1S/C24H39N3O3/c1-4-6-8-9-14-22(27-16-18-30-19-17-27)23(28)26-21-13-11-10-12-20(21)24(29-3)25-15-7-5-2/h10-13,22H,4-9,14-19H2,1-3H3,(H,26,28). The van der Waals surface area contributed by atoms with E-state index in [0.29, 0.717) is 19.1 Å². The van der Waals surface area contributed by atoms with E-state index in [0.717, 1.165) is 56.6 Å².